The lowest BCUT2D eigenvalue weighted by Gasteiger charge is -2.23. The molecule has 0 spiro atoms. The molecule has 6 nitrogen and oxygen atoms in total. The minimum absolute atomic E-state index is 0.00854. The summed E-state index contributed by atoms with van der Waals surface area (Å²) in [5.41, 5.74) is 2.31. The third-order valence-corrected chi connectivity index (χ3v) is 5.85. The highest BCUT2D eigenvalue weighted by Gasteiger charge is 2.34. The first-order valence-corrected chi connectivity index (χ1v) is 10.8. The normalized spacial score (nSPS) is 16.3. The van der Waals surface area contributed by atoms with E-state index < -0.39 is 0 Å². The number of ether oxygens (including phenoxy) is 2. The van der Waals surface area contributed by atoms with E-state index in [1.807, 2.05) is 18.2 Å². The van der Waals surface area contributed by atoms with Crippen LogP contribution in [-0.4, -0.2) is 30.4 Å². The third-order valence-electron chi connectivity index (χ3n) is 5.85. The number of urea groups is 1. The van der Waals surface area contributed by atoms with Gasteiger partial charge in [0.1, 0.15) is 13.2 Å². The number of aryl methyl sites for hydroxylation is 1. The standard InChI is InChI=1S/C24H27N3O3/c28-24(25-11-3-12-27-13-10-17-4-1-2-5-20(17)27)26-23(18-6-7-18)19-8-9-21-22(16-19)30-15-14-29-21/h1-2,4-5,8-10,13,16,18,23H,3,6-7,11-12,14-15H2,(H2,25,26,28). The van der Waals surface area contributed by atoms with Crippen molar-refractivity contribution >= 4 is 16.9 Å². The molecule has 0 radical (unpaired) electrons. The fourth-order valence-electron chi connectivity index (χ4n) is 4.14. The third kappa shape index (κ3) is 4.08. The molecule has 5 rings (SSSR count). The second-order valence-corrected chi connectivity index (χ2v) is 8.04. The highest BCUT2D eigenvalue weighted by Crippen LogP contribution is 2.43. The maximum absolute atomic E-state index is 12.5. The Bertz CT molecular complexity index is 1040. The Morgan fingerprint density at radius 2 is 1.90 bits per heavy atom. The smallest absolute Gasteiger partial charge is 0.315 e. The van der Waals surface area contributed by atoms with Gasteiger partial charge in [-0.2, -0.15) is 0 Å². The number of hydrogen-bond acceptors (Lipinski definition) is 3. The van der Waals surface area contributed by atoms with Gasteiger partial charge in [-0.05, 0) is 60.4 Å². The number of fused-ring (bicyclic) bond motifs is 2. The van der Waals surface area contributed by atoms with Crippen LogP contribution in [0.1, 0.15) is 30.9 Å². The van der Waals surface area contributed by atoms with E-state index in [1.54, 1.807) is 0 Å². The summed E-state index contributed by atoms with van der Waals surface area (Å²) < 4.78 is 13.6. The summed E-state index contributed by atoms with van der Waals surface area (Å²) in [6.07, 6.45) is 5.26. The monoisotopic (exact) mass is 405 g/mol. The molecule has 156 valence electrons. The number of nitrogens with one attached hydrogen (secondary N) is 2. The molecule has 2 aromatic carbocycles. The van der Waals surface area contributed by atoms with Crippen molar-refractivity contribution in [3.05, 3.63) is 60.3 Å². The lowest BCUT2D eigenvalue weighted by molar-refractivity contribution is 0.171. The summed E-state index contributed by atoms with van der Waals surface area (Å²) in [6.45, 7) is 2.66. The van der Waals surface area contributed by atoms with Crippen LogP contribution < -0.4 is 20.1 Å². The predicted octanol–water partition coefficient (Wildman–Crippen LogP) is 4.25. The number of hydrogen-bond donors (Lipinski definition) is 2. The van der Waals surface area contributed by atoms with E-state index in [9.17, 15) is 4.79 Å². The largest absolute Gasteiger partial charge is 0.486 e. The Balaban J connectivity index is 1.15. The van der Waals surface area contributed by atoms with Gasteiger partial charge in [-0.25, -0.2) is 4.79 Å². The van der Waals surface area contributed by atoms with Gasteiger partial charge in [0.15, 0.2) is 11.5 Å². The molecule has 0 saturated heterocycles. The second kappa shape index (κ2) is 8.30. The van der Waals surface area contributed by atoms with Crippen LogP contribution >= 0.6 is 0 Å². The summed E-state index contributed by atoms with van der Waals surface area (Å²) in [7, 11) is 0. The maximum Gasteiger partial charge on any atom is 0.315 e. The Kier molecular flexibility index (Phi) is 5.22. The molecule has 2 aliphatic rings. The molecule has 1 atom stereocenters. The number of nitrogens with zero attached hydrogens (tertiary/aromatic N) is 1. The number of aromatic nitrogens is 1. The maximum atomic E-state index is 12.5. The highest BCUT2D eigenvalue weighted by molar-refractivity contribution is 5.79. The molecule has 30 heavy (non-hydrogen) atoms. The molecule has 1 aliphatic heterocycles. The lowest BCUT2D eigenvalue weighted by Crippen LogP contribution is -2.39. The van der Waals surface area contributed by atoms with E-state index in [0.717, 1.165) is 42.9 Å². The summed E-state index contributed by atoms with van der Waals surface area (Å²) in [4.78, 5) is 12.5. The van der Waals surface area contributed by atoms with Crippen LogP contribution in [0.3, 0.4) is 0 Å². The van der Waals surface area contributed by atoms with Gasteiger partial charge in [-0.15, -0.1) is 0 Å². The number of carbonyl (C=O) groups excluding carboxylic acids is 1. The Hall–Kier alpha value is -3.15. The zero-order chi connectivity index (χ0) is 20.3. The van der Waals surface area contributed by atoms with Crippen molar-refractivity contribution in [1.29, 1.82) is 0 Å². The second-order valence-electron chi connectivity index (χ2n) is 8.04. The van der Waals surface area contributed by atoms with Gasteiger partial charge in [0.05, 0.1) is 6.04 Å². The fourth-order valence-corrected chi connectivity index (χ4v) is 4.14. The topological polar surface area (TPSA) is 64.5 Å². The van der Waals surface area contributed by atoms with E-state index in [4.69, 9.17) is 9.47 Å². The zero-order valence-electron chi connectivity index (χ0n) is 17.0. The van der Waals surface area contributed by atoms with Crippen molar-refractivity contribution in [3.63, 3.8) is 0 Å². The number of para-hydroxylation sites is 1. The van der Waals surface area contributed by atoms with E-state index in [1.165, 1.54) is 10.9 Å². The Labute approximate surface area is 176 Å². The fraction of sp³-hybridized carbons (Fsp3) is 0.375. The van der Waals surface area contributed by atoms with Crippen molar-refractivity contribution in [2.45, 2.75) is 31.8 Å². The van der Waals surface area contributed by atoms with Gasteiger partial charge in [-0.3, -0.25) is 0 Å². The molecule has 1 aromatic heterocycles. The number of benzene rings is 2. The van der Waals surface area contributed by atoms with Crippen LogP contribution in [0.2, 0.25) is 0 Å². The Morgan fingerprint density at radius 3 is 2.77 bits per heavy atom. The van der Waals surface area contributed by atoms with Crippen LogP contribution in [0.4, 0.5) is 4.79 Å². The molecular weight excluding hydrogens is 378 g/mol. The molecule has 1 aliphatic carbocycles. The summed E-state index contributed by atoms with van der Waals surface area (Å²) in [5, 5.41) is 7.44. The molecule has 1 fully saturated rings. The van der Waals surface area contributed by atoms with Gasteiger partial charge in [-0.1, -0.05) is 24.3 Å². The summed E-state index contributed by atoms with van der Waals surface area (Å²) in [5.74, 6) is 2.04. The molecule has 2 amide bonds. The minimum atomic E-state index is -0.112. The van der Waals surface area contributed by atoms with Crippen molar-refractivity contribution in [3.8, 4) is 11.5 Å². The van der Waals surface area contributed by atoms with E-state index in [0.29, 0.717) is 25.7 Å². The summed E-state index contributed by atoms with van der Waals surface area (Å²) >= 11 is 0. The van der Waals surface area contributed by atoms with Gasteiger partial charge < -0.3 is 24.7 Å². The van der Waals surface area contributed by atoms with Gasteiger partial charge in [0, 0.05) is 24.8 Å². The van der Waals surface area contributed by atoms with Crippen LogP contribution in [0.15, 0.2) is 54.7 Å². The number of carbonyl (C=O) groups is 1. The van der Waals surface area contributed by atoms with Crippen LogP contribution in [0.25, 0.3) is 10.9 Å². The van der Waals surface area contributed by atoms with E-state index >= 15 is 0 Å². The first-order chi connectivity index (χ1) is 14.8. The minimum Gasteiger partial charge on any atom is -0.486 e. The zero-order valence-corrected chi connectivity index (χ0v) is 17.0. The van der Waals surface area contributed by atoms with E-state index in [-0.39, 0.29) is 12.1 Å². The van der Waals surface area contributed by atoms with Gasteiger partial charge in [0.25, 0.3) is 0 Å². The predicted molar refractivity (Wildman–Crippen MR) is 116 cm³/mol. The molecule has 1 unspecified atom stereocenters. The molecular formula is C24H27N3O3. The van der Waals surface area contributed by atoms with Crippen molar-refractivity contribution in [1.82, 2.24) is 15.2 Å². The first-order valence-electron chi connectivity index (χ1n) is 10.8. The van der Waals surface area contributed by atoms with Crippen molar-refractivity contribution in [2.24, 2.45) is 5.92 Å². The molecule has 6 heteroatoms. The van der Waals surface area contributed by atoms with Gasteiger partial charge >= 0.3 is 6.03 Å². The number of amides is 2. The molecule has 1 saturated carbocycles. The quantitative estimate of drug-likeness (QED) is 0.578. The van der Waals surface area contributed by atoms with Crippen molar-refractivity contribution in [2.75, 3.05) is 19.8 Å². The SMILES string of the molecule is O=C(NCCCn1ccc2ccccc21)NC(c1ccc2c(c1)OCCO2)C1CC1. The average Bonchev–Trinajstić information content (AvgIpc) is 3.55. The highest BCUT2D eigenvalue weighted by atomic mass is 16.6. The van der Waals surface area contributed by atoms with E-state index in [2.05, 4.69) is 51.7 Å². The average molecular weight is 405 g/mol. The molecule has 0 bridgehead atoms. The molecule has 2 N–H and O–H groups in total. The molecule has 2 heterocycles. The number of rotatable bonds is 7. The lowest BCUT2D eigenvalue weighted by atomic mass is 10.0. The molecule has 3 aromatic rings. The summed E-state index contributed by atoms with van der Waals surface area (Å²) in [6, 6.07) is 16.4. The van der Waals surface area contributed by atoms with Crippen molar-refractivity contribution < 1.29 is 14.3 Å². The van der Waals surface area contributed by atoms with Crippen LogP contribution in [0.5, 0.6) is 11.5 Å². The van der Waals surface area contributed by atoms with Crippen LogP contribution in [0, 0.1) is 5.92 Å². The van der Waals surface area contributed by atoms with Gasteiger partial charge in [0.2, 0.25) is 0 Å². The first kappa shape index (κ1) is 18.9. The Morgan fingerprint density at radius 1 is 1.07 bits per heavy atom. The van der Waals surface area contributed by atoms with Crippen LogP contribution in [-0.2, 0) is 6.54 Å².